The third kappa shape index (κ3) is 3.97. The molecule has 2 rings (SSSR count). The fourth-order valence-corrected chi connectivity index (χ4v) is 1.91. The van der Waals surface area contributed by atoms with E-state index in [2.05, 4.69) is 26.2 Å². The molecule has 0 spiro atoms. The molecule has 1 aromatic heterocycles. The van der Waals surface area contributed by atoms with E-state index in [-0.39, 0.29) is 12.4 Å². The topological polar surface area (TPSA) is 34.1 Å². The Morgan fingerprint density at radius 1 is 1.47 bits per heavy atom. The van der Waals surface area contributed by atoms with Crippen molar-refractivity contribution in [2.75, 3.05) is 13.1 Å². The quantitative estimate of drug-likeness (QED) is 0.909. The number of hydrogen-bond acceptors (Lipinski definition) is 3. The van der Waals surface area contributed by atoms with Crippen molar-refractivity contribution in [3.05, 3.63) is 22.9 Å². The molecule has 15 heavy (non-hydrogen) atoms. The summed E-state index contributed by atoms with van der Waals surface area (Å²) in [5.74, 6) is 0.841. The van der Waals surface area contributed by atoms with Gasteiger partial charge in [0.05, 0.1) is 6.20 Å². The average Bonchev–Trinajstić information content (AvgIpc) is 2.19. The van der Waals surface area contributed by atoms with E-state index in [4.69, 9.17) is 4.74 Å². The zero-order chi connectivity index (χ0) is 9.80. The van der Waals surface area contributed by atoms with Crippen LogP contribution in [0.3, 0.4) is 0 Å². The second kappa shape index (κ2) is 6.30. The molecule has 2 heterocycles. The van der Waals surface area contributed by atoms with Crippen molar-refractivity contribution in [2.45, 2.75) is 18.9 Å². The molecule has 1 N–H and O–H groups in total. The van der Waals surface area contributed by atoms with Gasteiger partial charge in [0.2, 0.25) is 0 Å². The molecule has 1 atom stereocenters. The molecule has 0 bridgehead atoms. The third-order valence-electron chi connectivity index (χ3n) is 2.23. The van der Waals surface area contributed by atoms with Crippen LogP contribution in [-0.2, 0) is 0 Å². The van der Waals surface area contributed by atoms with E-state index in [1.54, 1.807) is 12.4 Å². The smallest absolute Gasteiger partial charge is 0.139 e. The van der Waals surface area contributed by atoms with Crippen LogP contribution < -0.4 is 10.1 Å². The van der Waals surface area contributed by atoms with Crippen LogP contribution in [0.2, 0.25) is 0 Å². The van der Waals surface area contributed by atoms with Gasteiger partial charge in [-0.05, 0) is 41.4 Å². The lowest BCUT2D eigenvalue weighted by Crippen LogP contribution is -2.37. The standard InChI is InChI=1S/C10H13BrN2O.ClH/c11-8-4-10(7-13-5-8)14-9-2-1-3-12-6-9;/h4-5,7,9,12H,1-3,6H2;1H. The SMILES string of the molecule is Brc1cncc(OC2CCCNC2)c1.Cl. The first-order chi connectivity index (χ1) is 6.84. The molecule has 3 nitrogen and oxygen atoms in total. The molecular formula is C10H14BrClN2O. The maximum Gasteiger partial charge on any atom is 0.139 e. The predicted molar refractivity (Wildman–Crippen MR) is 65.7 cm³/mol. The van der Waals surface area contributed by atoms with E-state index in [0.29, 0.717) is 6.10 Å². The zero-order valence-corrected chi connectivity index (χ0v) is 10.7. The number of nitrogens with zero attached hydrogens (tertiary/aromatic N) is 1. The van der Waals surface area contributed by atoms with Crippen LogP contribution in [0.4, 0.5) is 0 Å². The Labute approximate surface area is 104 Å². The average molecular weight is 294 g/mol. The predicted octanol–water partition coefficient (Wildman–Crippen LogP) is 2.40. The Morgan fingerprint density at radius 3 is 3.00 bits per heavy atom. The normalized spacial score (nSPS) is 20.5. The molecule has 84 valence electrons. The first-order valence-corrected chi connectivity index (χ1v) is 5.62. The van der Waals surface area contributed by atoms with Crippen LogP contribution in [0.5, 0.6) is 5.75 Å². The van der Waals surface area contributed by atoms with Crippen molar-refractivity contribution in [3.63, 3.8) is 0 Å². The van der Waals surface area contributed by atoms with E-state index in [1.165, 1.54) is 6.42 Å². The summed E-state index contributed by atoms with van der Waals surface area (Å²) in [6.07, 6.45) is 6.11. The van der Waals surface area contributed by atoms with Gasteiger partial charge in [0.15, 0.2) is 0 Å². The minimum atomic E-state index is 0. The second-order valence-corrected chi connectivity index (χ2v) is 4.34. The summed E-state index contributed by atoms with van der Waals surface area (Å²) < 4.78 is 6.74. The number of nitrogens with one attached hydrogen (secondary N) is 1. The summed E-state index contributed by atoms with van der Waals surface area (Å²) in [6, 6.07) is 1.95. The number of ether oxygens (including phenoxy) is 1. The molecule has 0 saturated carbocycles. The van der Waals surface area contributed by atoms with Crippen LogP contribution in [0.15, 0.2) is 22.9 Å². The highest BCUT2D eigenvalue weighted by Crippen LogP contribution is 2.18. The van der Waals surface area contributed by atoms with Crippen molar-refractivity contribution < 1.29 is 4.74 Å². The van der Waals surface area contributed by atoms with Gasteiger partial charge in [-0.1, -0.05) is 0 Å². The van der Waals surface area contributed by atoms with Gasteiger partial charge in [0.1, 0.15) is 11.9 Å². The summed E-state index contributed by atoms with van der Waals surface area (Å²) in [7, 11) is 0. The van der Waals surface area contributed by atoms with Crippen molar-refractivity contribution in [2.24, 2.45) is 0 Å². The molecule has 1 aliphatic heterocycles. The van der Waals surface area contributed by atoms with Gasteiger partial charge in [-0.15, -0.1) is 12.4 Å². The number of rotatable bonds is 2. The summed E-state index contributed by atoms with van der Waals surface area (Å²) >= 11 is 3.37. The van der Waals surface area contributed by atoms with Crippen molar-refractivity contribution >= 4 is 28.3 Å². The summed E-state index contributed by atoms with van der Waals surface area (Å²) in [5, 5.41) is 3.31. The Bertz CT molecular complexity index is 305. The molecule has 1 saturated heterocycles. The lowest BCUT2D eigenvalue weighted by molar-refractivity contribution is 0.166. The maximum absolute atomic E-state index is 5.78. The molecule has 0 radical (unpaired) electrons. The number of aromatic nitrogens is 1. The van der Waals surface area contributed by atoms with Crippen molar-refractivity contribution in [3.8, 4) is 5.75 Å². The van der Waals surface area contributed by atoms with Gasteiger partial charge in [-0.25, -0.2) is 0 Å². The third-order valence-corrected chi connectivity index (χ3v) is 2.67. The van der Waals surface area contributed by atoms with Gasteiger partial charge >= 0.3 is 0 Å². The van der Waals surface area contributed by atoms with E-state index in [0.717, 1.165) is 29.7 Å². The largest absolute Gasteiger partial charge is 0.487 e. The molecule has 0 aromatic carbocycles. The minimum absolute atomic E-state index is 0. The number of halogens is 2. The molecular weight excluding hydrogens is 279 g/mol. The lowest BCUT2D eigenvalue weighted by Gasteiger charge is -2.23. The first-order valence-electron chi connectivity index (χ1n) is 4.82. The van der Waals surface area contributed by atoms with Gasteiger partial charge in [-0.3, -0.25) is 4.98 Å². The van der Waals surface area contributed by atoms with Crippen LogP contribution in [0.1, 0.15) is 12.8 Å². The van der Waals surface area contributed by atoms with E-state index in [1.807, 2.05) is 6.07 Å². The van der Waals surface area contributed by atoms with Gasteiger partial charge in [0.25, 0.3) is 0 Å². The van der Waals surface area contributed by atoms with E-state index < -0.39 is 0 Å². The maximum atomic E-state index is 5.78. The highest BCUT2D eigenvalue weighted by molar-refractivity contribution is 9.10. The van der Waals surface area contributed by atoms with E-state index in [9.17, 15) is 0 Å². The zero-order valence-electron chi connectivity index (χ0n) is 8.28. The summed E-state index contributed by atoms with van der Waals surface area (Å²) in [6.45, 7) is 2.04. The molecule has 1 unspecified atom stereocenters. The molecule has 5 heteroatoms. The number of hydrogen-bond donors (Lipinski definition) is 1. The lowest BCUT2D eigenvalue weighted by atomic mass is 10.1. The highest BCUT2D eigenvalue weighted by atomic mass is 79.9. The molecule has 1 aromatic rings. The Morgan fingerprint density at radius 2 is 2.33 bits per heavy atom. The second-order valence-electron chi connectivity index (χ2n) is 3.43. The minimum Gasteiger partial charge on any atom is -0.487 e. The van der Waals surface area contributed by atoms with Crippen LogP contribution in [0, 0.1) is 0 Å². The van der Waals surface area contributed by atoms with Gasteiger partial charge < -0.3 is 10.1 Å². The Hall–Kier alpha value is -0.320. The van der Waals surface area contributed by atoms with Crippen LogP contribution in [0.25, 0.3) is 0 Å². The molecule has 0 aliphatic carbocycles. The first kappa shape index (κ1) is 12.7. The summed E-state index contributed by atoms with van der Waals surface area (Å²) in [4.78, 5) is 4.06. The Balaban J connectivity index is 0.00000112. The van der Waals surface area contributed by atoms with Crippen molar-refractivity contribution in [1.82, 2.24) is 10.3 Å². The molecule has 1 aliphatic rings. The molecule has 0 amide bonds. The van der Waals surface area contributed by atoms with Crippen molar-refractivity contribution in [1.29, 1.82) is 0 Å². The summed E-state index contributed by atoms with van der Waals surface area (Å²) in [5.41, 5.74) is 0. The van der Waals surface area contributed by atoms with Gasteiger partial charge in [-0.2, -0.15) is 0 Å². The van der Waals surface area contributed by atoms with Crippen LogP contribution in [-0.4, -0.2) is 24.2 Å². The molecule has 1 fully saturated rings. The number of piperidine rings is 1. The fraction of sp³-hybridized carbons (Fsp3) is 0.500. The Kier molecular flexibility index (Phi) is 5.36. The van der Waals surface area contributed by atoms with Gasteiger partial charge in [0, 0.05) is 17.2 Å². The highest BCUT2D eigenvalue weighted by Gasteiger charge is 2.14. The van der Waals surface area contributed by atoms with Crippen LogP contribution >= 0.6 is 28.3 Å². The monoisotopic (exact) mass is 292 g/mol. The fourth-order valence-electron chi connectivity index (χ4n) is 1.57. The number of pyridine rings is 1. The van der Waals surface area contributed by atoms with E-state index >= 15 is 0 Å².